The summed E-state index contributed by atoms with van der Waals surface area (Å²) in [5.41, 5.74) is 5.76. The van der Waals surface area contributed by atoms with Gasteiger partial charge in [-0.25, -0.2) is 4.79 Å². The first-order chi connectivity index (χ1) is 23.3. The Bertz CT molecular complexity index is 1710. The van der Waals surface area contributed by atoms with Crippen molar-refractivity contribution < 1.29 is 28.8 Å². The van der Waals surface area contributed by atoms with Gasteiger partial charge in [-0.15, -0.1) is 0 Å². The van der Waals surface area contributed by atoms with Crippen LogP contribution in [0.2, 0.25) is 0 Å². The lowest BCUT2D eigenvalue weighted by Gasteiger charge is -2.37. The Hall–Kier alpha value is -4.75. The van der Waals surface area contributed by atoms with Crippen molar-refractivity contribution in [3.05, 3.63) is 128 Å². The number of nitrogens with one attached hydrogen (secondary N) is 2. The van der Waals surface area contributed by atoms with Crippen molar-refractivity contribution in [2.45, 2.75) is 49.7 Å². The molecule has 0 radical (unpaired) electrons. The largest absolute Gasteiger partial charge is 0.497 e. The number of carbonyl (C=O) groups excluding carboxylic acids is 1. The lowest BCUT2D eigenvalue weighted by molar-refractivity contribution is -0.121. The second-order valence-corrected chi connectivity index (χ2v) is 11.6. The molecule has 254 valence electrons. The third kappa shape index (κ3) is 7.69. The molecule has 1 aliphatic heterocycles. The van der Waals surface area contributed by atoms with Gasteiger partial charge >= 0.3 is 5.69 Å². The molecule has 0 saturated carbocycles. The van der Waals surface area contributed by atoms with E-state index >= 15 is 0 Å². The van der Waals surface area contributed by atoms with Gasteiger partial charge in [-0.2, -0.15) is 0 Å². The highest BCUT2D eigenvalue weighted by atomic mass is 16.6. The van der Waals surface area contributed by atoms with E-state index < -0.39 is 35.2 Å². The van der Waals surface area contributed by atoms with Crippen molar-refractivity contribution in [2.24, 2.45) is 5.73 Å². The fourth-order valence-corrected chi connectivity index (χ4v) is 5.92. The SMILES string of the molecule is COc1ccc(C(OC[C@H]2O[C@@H](c3cn(CCC(=O)NCCCN)c(=O)[nH]c3=O)C[C@@H]2O)(c2ccccc2)c2ccc(OC)cc2)cc1. The average molecular weight is 659 g/mol. The van der Waals surface area contributed by atoms with Crippen molar-refractivity contribution in [3.63, 3.8) is 0 Å². The van der Waals surface area contributed by atoms with Gasteiger partial charge in [0.15, 0.2) is 0 Å². The van der Waals surface area contributed by atoms with Crippen molar-refractivity contribution in [3.8, 4) is 11.5 Å². The molecule has 4 aromatic rings. The van der Waals surface area contributed by atoms with E-state index in [1.807, 2.05) is 78.9 Å². The fraction of sp³-hybridized carbons (Fsp3) is 0.361. The van der Waals surface area contributed by atoms with E-state index in [4.69, 9.17) is 24.7 Å². The van der Waals surface area contributed by atoms with Gasteiger partial charge in [0.05, 0.1) is 38.6 Å². The Kier molecular flexibility index (Phi) is 11.5. The molecule has 3 aromatic carbocycles. The summed E-state index contributed by atoms with van der Waals surface area (Å²) in [6.45, 7) is 0.923. The molecule has 1 amide bonds. The maximum Gasteiger partial charge on any atom is 0.328 e. The van der Waals surface area contributed by atoms with Crippen molar-refractivity contribution in [1.82, 2.24) is 14.9 Å². The number of hydrogen-bond donors (Lipinski definition) is 4. The highest BCUT2D eigenvalue weighted by Gasteiger charge is 2.42. The number of rotatable bonds is 15. The van der Waals surface area contributed by atoms with Crippen LogP contribution in [0.15, 0.2) is 94.6 Å². The number of aliphatic hydroxyl groups excluding tert-OH is 1. The molecule has 0 bridgehead atoms. The van der Waals surface area contributed by atoms with Crippen molar-refractivity contribution in [1.29, 1.82) is 0 Å². The molecule has 1 aliphatic rings. The summed E-state index contributed by atoms with van der Waals surface area (Å²) in [6.07, 6.45) is -0.385. The summed E-state index contributed by atoms with van der Waals surface area (Å²) in [5, 5.41) is 13.9. The summed E-state index contributed by atoms with van der Waals surface area (Å²) in [6, 6.07) is 24.9. The number of methoxy groups -OCH3 is 2. The molecule has 48 heavy (non-hydrogen) atoms. The average Bonchev–Trinajstić information content (AvgIpc) is 3.48. The van der Waals surface area contributed by atoms with E-state index in [0.717, 1.165) is 16.7 Å². The predicted octanol–water partition coefficient (Wildman–Crippen LogP) is 2.61. The second-order valence-electron chi connectivity index (χ2n) is 11.6. The van der Waals surface area contributed by atoms with E-state index in [1.54, 1.807) is 14.2 Å². The third-order valence-electron chi connectivity index (χ3n) is 8.53. The monoisotopic (exact) mass is 658 g/mol. The summed E-state index contributed by atoms with van der Waals surface area (Å²) in [7, 11) is 3.21. The van der Waals surface area contributed by atoms with Crippen LogP contribution in [0.3, 0.4) is 0 Å². The molecule has 5 rings (SSSR count). The number of carbonyl (C=O) groups is 1. The lowest BCUT2D eigenvalue weighted by atomic mass is 9.80. The van der Waals surface area contributed by atoms with Gasteiger partial charge in [0, 0.05) is 32.1 Å². The molecular formula is C36H42N4O8. The molecule has 12 nitrogen and oxygen atoms in total. The van der Waals surface area contributed by atoms with E-state index in [2.05, 4.69) is 10.3 Å². The fourth-order valence-electron chi connectivity index (χ4n) is 5.92. The number of amides is 1. The number of nitrogens with zero attached hydrogens (tertiary/aromatic N) is 1. The molecule has 12 heteroatoms. The van der Waals surface area contributed by atoms with Crippen LogP contribution in [0.4, 0.5) is 0 Å². The second kappa shape index (κ2) is 15.9. The molecule has 1 fully saturated rings. The van der Waals surface area contributed by atoms with Gasteiger partial charge in [-0.05, 0) is 53.9 Å². The number of hydrogen-bond acceptors (Lipinski definition) is 9. The van der Waals surface area contributed by atoms with Gasteiger partial charge in [0.1, 0.15) is 23.2 Å². The molecule has 5 N–H and O–H groups in total. The highest BCUT2D eigenvalue weighted by molar-refractivity contribution is 5.75. The zero-order valence-corrected chi connectivity index (χ0v) is 27.1. The Morgan fingerprint density at radius 1 is 0.979 bits per heavy atom. The summed E-state index contributed by atoms with van der Waals surface area (Å²) >= 11 is 0. The topological polar surface area (TPSA) is 167 Å². The molecule has 3 atom stereocenters. The first kappa shape index (κ1) is 34.6. The number of aromatic amines is 1. The zero-order valence-electron chi connectivity index (χ0n) is 27.1. The van der Waals surface area contributed by atoms with Crippen LogP contribution in [-0.2, 0) is 26.4 Å². The molecule has 0 spiro atoms. The first-order valence-corrected chi connectivity index (χ1v) is 15.9. The molecule has 0 aliphatic carbocycles. The van der Waals surface area contributed by atoms with Crippen LogP contribution < -0.4 is 31.8 Å². The van der Waals surface area contributed by atoms with E-state index in [1.165, 1.54) is 10.8 Å². The summed E-state index contributed by atoms with van der Waals surface area (Å²) in [5.74, 6) is 1.14. The molecule has 2 heterocycles. The smallest absolute Gasteiger partial charge is 0.328 e. The predicted molar refractivity (Wildman–Crippen MR) is 179 cm³/mol. The Morgan fingerprint density at radius 2 is 1.58 bits per heavy atom. The maximum absolute atomic E-state index is 12.9. The van der Waals surface area contributed by atoms with Crippen molar-refractivity contribution >= 4 is 5.91 Å². The molecule has 1 saturated heterocycles. The molecule has 0 unspecified atom stereocenters. The Labute approximate surface area is 278 Å². The minimum absolute atomic E-state index is 0.0366. The summed E-state index contributed by atoms with van der Waals surface area (Å²) in [4.78, 5) is 40.0. The number of aryl methyl sites for hydroxylation is 1. The quantitative estimate of drug-likeness (QED) is 0.111. The third-order valence-corrected chi connectivity index (χ3v) is 8.53. The van der Waals surface area contributed by atoms with Crippen LogP contribution in [-0.4, -0.2) is 66.7 Å². The molecule has 1 aromatic heterocycles. The zero-order chi connectivity index (χ0) is 34.1. The van der Waals surface area contributed by atoms with Crippen LogP contribution in [0.25, 0.3) is 0 Å². The number of benzene rings is 3. The minimum atomic E-state index is -1.13. The normalized spacial score (nSPS) is 17.6. The van der Waals surface area contributed by atoms with Crippen LogP contribution in [0, 0.1) is 0 Å². The Balaban J connectivity index is 1.42. The van der Waals surface area contributed by atoms with Gasteiger partial charge in [-0.3, -0.25) is 19.1 Å². The van der Waals surface area contributed by atoms with Gasteiger partial charge in [0.2, 0.25) is 5.91 Å². The van der Waals surface area contributed by atoms with Gasteiger partial charge in [-0.1, -0.05) is 54.6 Å². The number of aromatic nitrogens is 2. The standard InChI is InChI=1S/C36H42N4O8/c1-45-27-13-9-25(10-14-27)36(24-7-4-3-5-8-24,26-11-15-28(46-2)16-12-26)47-23-32-30(41)21-31(48-32)29-22-40(35(44)39-34(29)43)20-17-33(42)38-19-6-18-37/h3-5,7-16,22,30-32,41H,6,17-21,23,37H2,1-2H3,(H,38,42)(H,39,43,44)/t30-,31+,32+/m0/s1. The van der Waals surface area contributed by atoms with E-state index in [0.29, 0.717) is 31.0 Å². The van der Waals surface area contributed by atoms with Gasteiger partial charge < -0.3 is 35.1 Å². The summed E-state index contributed by atoms with van der Waals surface area (Å²) < 4.78 is 25.3. The number of H-pyrrole nitrogens is 1. The van der Waals surface area contributed by atoms with E-state index in [9.17, 15) is 19.5 Å². The Morgan fingerprint density at radius 3 is 2.17 bits per heavy atom. The lowest BCUT2D eigenvalue weighted by Crippen LogP contribution is -2.38. The van der Waals surface area contributed by atoms with Gasteiger partial charge in [0.25, 0.3) is 5.56 Å². The van der Waals surface area contributed by atoms with Crippen LogP contribution in [0.1, 0.15) is 47.6 Å². The van der Waals surface area contributed by atoms with E-state index in [-0.39, 0.29) is 37.5 Å². The number of aliphatic hydroxyl groups is 1. The van der Waals surface area contributed by atoms with Crippen LogP contribution >= 0.6 is 0 Å². The minimum Gasteiger partial charge on any atom is -0.497 e. The molecular weight excluding hydrogens is 616 g/mol. The maximum atomic E-state index is 12.9. The van der Waals surface area contributed by atoms with Crippen molar-refractivity contribution in [2.75, 3.05) is 33.9 Å². The first-order valence-electron chi connectivity index (χ1n) is 15.9. The number of nitrogens with two attached hydrogens (primary N) is 1. The van der Waals surface area contributed by atoms with Crippen LogP contribution in [0.5, 0.6) is 11.5 Å². The number of ether oxygens (including phenoxy) is 4. The highest BCUT2D eigenvalue weighted by Crippen LogP contribution is 2.43.